The number of alkyl halides is 3. The summed E-state index contributed by atoms with van der Waals surface area (Å²) >= 11 is 0. The SMILES string of the molecule is Cn1c(N2CCN(CCCOc3ccccc3C(F)(F)F)CC2)cc(=O)n(C)c1=O. The Morgan fingerprint density at radius 2 is 1.67 bits per heavy atom. The molecule has 1 aliphatic rings. The summed E-state index contributed by atoms with van der Waals surface area (Å²) in [6.45, 7) is 3.63. The van der Waals surface area contributed by atoms with E-state index < -0.39 is 11.7 Å². The van der Waals surface area contributed by atoms with Crippen molar-refractivity contribution < 1.29 is 17.9 Å². The van der Waals surface area contributed by atoms with Crippen LogP contribution >= 0.6 is 0 Å². The number of ether oxygens (including phenoxy) is 1. The minimum absolute atomic E-state index is 0.151. The van der Waals surface area contributed by atoms with Gasteiger partial charge in [-0.2, -0.15) is 13.2 Å². The maximum Gasteiger partial charge on any atom is 0.419 e. The fraction of sp³-hybridized carbons (Fsp3) is 0.500. The molecule has 1 aliphatic heterocycles. The van der Waals surface area contributed by atoms with Crippen LogP contribution in [0.1, 0.15) is 12.0 Å². The summed E-state index contributed by atoms with van der Waals surface area (Å²) in [6.07, 6.45) is -3.85. The molecule has 0 N–H and O–H groups in total. The topological polar surface area (TPSA) is 59.7 Å². The molecule has 164 valence electrons. The standard InChI is InChI=1S/C20H25F3N4O3/c1-24-17(14-18(28)25(2)19(24)29)27-11-9-26(10-12-27)8-5-13-30-16-7-4-3-6-15(16)20(21,22)23/h3-4,6-7,14H,5,8-13H2,1-2H3. The molecule has 0 amide bonds. The van der Waals surface area contributed by atoms with Crippen molar-refractivity contribution in [3.05, 3.63) is 56.7 Å². The van der Waals surface area contributed by atoms with Crippen LogP contribution in [0.5, 0.6) is 5.75 Å². The molecule has 7 nitrogen and oxygen atoms in total. The van der Waals surface area contributed by atoms with Crippen molar-refractivity contribution in [2.75, 3.05) is 44.2 Å². The molecule has 3 rings (SSSR count). The summed E-state index contributed by atoms with van der Waals surface area (Å²) in [4.78, 5) is 28.2. The highest BCUT2D eigenvalue weighted by Crippen LogP contribution is 2.35. The second kappa shape index (κ2) is 8.95. The van der Waals surface area contributed by atoms with Crippen molar-refractivity contribution in [1.82, 2.24) is 14.0 Å². The number of anilines is 1. The van der Waals surface area contributed by atoms with Crippen LogP contribution in [-0.4, -0.2) is 53.4 Å². The number of halogens is 3. The number of para-hydroxylation sites is 1. The lowest BCUT2D eigenvalue weighted by Gasteiger charge is -2.36. The first kappa shape index (κ1) is 21.9. The molecule has 0 unspecified atom stereocenters. The van der Waals surface area contributed by atoms with Gasteiger partial charge in [-0.05, 0) is 18.6 Å². The third-order valence-corrected chi connectivity index (χ3v) is 5.27. The van der Waals surface area contributed by atoms with E-state index in [4.69, 9.17) is 4.74 Å². The van der Waals surface area contributed by atoms with Gasteiger partial charge < -0.3 is 9.64 Å². The van der Waals surface area contributed by atoms with Gasteiger partial charge in [0.15, 0.2) is 0 Å². The summed E-state index contributed by atoms with van der Waals surface area (Å²) in [5.74, 6) is 0.441. The van der Waals surface area contributed by atoms with E-state index in [1.807, 2.05) is 4.90 Å². The van der Waals surface area contributed by atoms with Crippen LogP contribution in [0, 0.1) is 0 Å². The molecule has 1 aromatic carbocycles. The van der Waals surface area contributed by atoms with Crippen LogP contribution in [0.25, 0.3) is 0 Å². The Bertz CT molecular complexity index is 992. The molecule has 0 aliphatic carbocycles. The van der Waals surface area contributed by atoms with Gasteiger partial charge in [-0.25, -0.2) is 4.79 Å². The monoisotopic (exact) mass is 426 g/mol. The van der Waals surface area contributed by atoms with E-state index in [-0.39, 0.29) is 23.6 Å². The molecule has 1 fully saturated rings. The lowest BCUT2D eigenvalue weighted by molar-refractivity contribution is -0.139. The molecule has 2 aromatic rings. The Hall–Kier alpha value is -2.75. The largest absolute Gasteiger partial charge is 0.493 e. The summed E-state index contributed by atoms with van der Waals surface area (Å²) in [6, 6.07) is 6.67. The Morgan fingerprint density at radius 3 is 2.33 bits per heavy atom. The fourth-order valence-electron chi connectivity index (χ4n) is 3.52. The number of hydrogen-bond acceptors (Lipinski definition) is 5. The second-order valence-corrected chi connectivity index (χ2v) is 7.27. The van der Waals surface area contributed by atoms with Gasteiger partial charge in [0.1, 0.15) is 11.6 Å². The van der Waals surface area contributed by atoms with Gasteiger partial charge in [0.25, 0.3) is 5.56 Å². The van der Waals surface area contributed by atoms with Crippen LogP contribution in [0.3, 0.4) is 0 Å². The molecular formula is C20H25F3N4O3. The molecule has 10 heteroatoms. The van der Waals surface area contributed by atoms with E-state index >= 15 is 0 Å². The van der Waals surface area contributed by atoms with E-state index in [1.165, 1.54) is 35.9 Å². The molecule has 0 bridgehead atoms. The molecule has 0 radical (unpaired) electrons. The molecule has 1 aromatic heterocycles. The summed E-state index contributed by atoms with van der Waals surface area (Å²) in [5, 5.41) is 0. The van der Waals surface area contributed by atoms with Crippen molar-refractivity contribution in [2.45, 2.75) is 12.6 Å². The van der Waals surface area contributed by atoms with Crippen molar-refractivity contribution in [3.8, 4) is 5.75 Å². The van der Waals surface area contributed by atoms with Gasteiger partial charge in [0, 0.05) is 52.9 Å². The van der Waals surface area contributed by atoms with Crippen LogP contribution < -0.4 is 20.9 Å². The minimum Gasteiger partial charge on any atom is -0.493 e. The number of nitrogens with zero attached hydrogens (tertiary/aromatic N) is 4. The van der Waals surface area contributed by atoms with E-state index in [0.717, 1.165) is 23.7 Å². The molecule has 1 saturated heterocycles. The molecule has 0 atom stereocenters. The predicted octanol–water partition coefficient (Wildman–Crippen LogP) is 1.69. The van der Waals surface area contributed by atoms with E-state index in [0.29, 0.717) is 31.9 Å². The Kier molecular flexibility index (Phi) is 6.55. The van der Waals surface area contributed by atoms with Crippen molar-refractivity contribution >= 4 is 5.82 Å². The number of piperazine rings is 1. The Labute approximate surface area is 171 Å². The first-order valence-electron chi connectivity index (χ1n) is 9.72. The van der Waals surface area contributed by atoms with Crippen molar-refractivity contribution in [2.24, 2.45) is 14.1 Å². The van der Waals surface area contributed by atoms with Crippen LogP contribution in [0.2, 0.25) is 0 Å². The summed E-state index contributed by atoms with van der Waals surface area (Å²) in [5.41, 5.74) is -1.47. The highest BCUT2D eigenvalue weighted by atomic mass is 19.4. The summed E-state index contributed by atoms with van der Waals surface area (Å²) < 4.78 is 46.9. The third-order valence-electron chi connectivity index (χ3n) is 5.27. The van der Waals surface area contributed by atoms with Gasteiger partial charge in [-0.3, -0.25) is 18.8 Å². The van der Waals surface area contributed by atoms with Crippen molar-refractivity contribution in [3.63, 3.8) is 0 Å². The molecule has 2 heterocycles. The van der Waals surface area contributed by atoms with E-state index in [9.17, 15) is 22.8 Å². The zero-order valence-electron chi connectivity index (χ0n) is 17.0. The van der Waals surface area contributed by atoms with Gasteiger partial charge in [-0.1, -0.05) is 12.1 Å². The van der Waals surface area contributed by atoms with Crippen LogP contribution in [0.15, 0.2) is 39.9 Å². The van der Waals surface area contributed by atoms with E-state index in [2.05, 4.69) is 4.90 Å². The van der Waals surface area contributed by atoms with Gasteiger partial charge >= 0.3 is 11.9 Å². The first-order chi connectivity index (χ1) is 14.2. The quantitative estimate of drug-likeness (QED) is 0.658. The lowest BCUT2D eigenvalue weighted by atomic mass is 10.2. The summed E-state index contributed by atoms with van der Waals surface area (Å²) in [7, 11) is 3.08. The smallest absolute Gasteiger partial charge is 0.419 e. The maximum atomic E-state index is 13.0. The zero-order chi connectivity index (χ0) is 21.9. The zero-order valence-corrected chi connectivity index (χ0v) is 17.0. The molecular weight excluding hydrogens is 401 g/mol. The van der Waals surface area contributed by atoms with Gasteiger partial charge in [0.05, 0.1) is 12.2 Å². The van der Waals surface area contributed by atoms with Gasteiger partial charge in [0.2, 0.25) is 0 Å². The lowest BCUT2D eigenvalue weighted by Crippen LogP contribution is -2.49. The van der Waals surface area contributed by atoms with Crippen LogP contribution in [0.4, 0.5) is 19.0 Å². The molecule has 30 heavy (non-hydrogen) atoms. The van der Waals surface area contributed by atoms with E-state index in [1.54, 1.807) is 7.05 Å². The van der Waals surface area contributed by atoms with Crippen molar-refractivity contribution in [1.29, 1.82) is 0 Å². The fourth-order valence-corrected chi connectivity index (χ4v) is 3.52. The molecule has 0 spiro atoms. The average molecular weight is 426 g/mol. The normalized spacial score (nSPS) is 15.4. The number of benzene rings is 1. The number of hydrogen-bond donors (Lipinski definition) is 0. The highest BCUT2D eigenvalue weighted by Gasteiger charge is 2.34. The maximum absolute atomic E-state index is 13.0. The minimum atomic E-state index is -4.44. The second-order valence-electron chi connectivity index (χ2n) is 7.27. The first-order valence-corrected chi connectivity index (χ1v) is 9.72. The number of rotatable bonds is 6. The third kappa shape index (κ3) is 4.86. The average Bonchev–Trinajstić information content (AvgIpc) is 2.72. The van der Waals surface area contributed by atoms with Crippen LogP contribution in [-0.2, 0) is 20.3 Å². The molecule has 0 saturated carbocycles. The predicted molar refractivity (Wildman–Crippen MR) is 107 cm³/mol. The Morgan fingerprint density at radius 1 is 1.00 bits per heavy atom. The highest BCUT2D eigenvalue weighted by molar-refractivity contribution is 5.39. The number of aromatic nitrogens is 2. The van der Waals surface area contributed by atoms with Gasteiger partial charge in [-0.15, -0.1) is 0 Å². The Balaban J connectivity index is 1.49.